The normalized spacial score (nSPS) is 18.2. The summed E-state index contributed by atoms with van der Waals surface area (Å²) in [5.41, 5.74) is -0.582. The van der Waals surface area contributed by atoms with Crippen molar-refractivity contribution < 1.29 is 9.53 Å². The Kier molecular flexibility index (Phi) is 3.07. The molecule has 1 aliphatic rings. The fourth-order valence-electron chi connectivity index (χ4n) is 1.19. The second kappa shape index (κ2) is 4.08. The number of hydrogen-bond donors (Lipinski definition) is 0. The summed E-state index contributed by atoms with van der Waals surface area (Å²) in [4.78, 5) is 11.5. The van der Waals surface area contributed by atoms with Gasteiger partial charge >= 0.3 is 5.97 Å². The Labute approximate surface area is 78.6 Å². The molecule has 0 aromatic carbocycles. The highest BCUT2D eigenvalue weighted by molar-refractivity contribution is 5.81. The summed E-state index contributed by atoms with van der Waals surface area (Å²) in [6, 6.07) is 0. The molecule has 0 saturated carbocycles. The Morgan fingerprint density at radius 3 is 2.77 bits per heavy atom. The van der Waals surface area contributed by atoms with Gasteiger partial charge in [0.2, 0.25) is 0 Å². The monoisotopic (exact) mass is 178 g/mol. The van der Waals surface area contributed by atoms with E-state index in [0.717, 1.165) is 6.42 Å². The fourth-order valence-corrected chi connectivity index (χ4v) is 1.19. The van der Waals surface area contributed by atoms with Crippen LogP contribution in [0.3, 0.4) is 0 Å². The van der Waals surface area contributed by atoms with Crippen LogP contribution in [-0.4, -0.2) is 12.6 Å². The first-order valence-corrected chi connectivity index (χ1v) is 4.32. The highest BCUT2D eigenvalue weighted by Gasteiger charge is 2.29. The van der Waals surface area contributed by atoms with E-state index in [0.29, 0.717) is 0 Å². The van der Waals surface area contributed by atoms with E-state index >= 15 is 0 Å². The Bertz CT molecular complexity index is 249. The van der Waals surface area contributed by atoms with Gasteiger partial charge in [-0.2, -0.15) is 0 Å². The summed E-state index contributed by atoms with van der Waals surface area (Å²) < 4.78 is 4.97. The third kappa shape index (κ3) is 2.31. The lowest BCUT2D eigenvalue weighted by molar-refractivity contribution is -0.148. The van der Waals surface area contributed by atoms with Crippen molar-refractivity contribution in [3.8, 4) is 0 Å². The molecular weight excluding hydrogens is 164 g/mol. The predicted molar refractivity (Wildman–Crippen MR) is 52.2 cm³/mol. The first-order chi connectivity index (χ1) is 6.19. The summed E-state index contributed by atoms with van der Waals surface area (Å²) in [7, 11) is 0. The van der Waals surface area contributed by atoms with Crippen molar-refractivity contribution in [2.75, 3.05) is 6.61 Å². The van der Waals surface area contributed by atoms with E-state index in [1.165, 1.54) is 0 Å². The lowest BCUT2D eigenvalue weighted by Gasteiger charge is -2.21. The summed E-state index contributed by atoms with van der Waals surface area (Å²) >= 11 is 0. The average molecular weight is 178 g/mol. The largest absolute Gasteiger partial charge is 0.461 e. The van der Waals surface area contributed by atoms with Crippen LogP contribution in [0.25, 0.3) is 0 Å². The maximum Gasteiger partial charge on any atom is 0.319 e. The molecule has 0 bridgehead atoms. The van der Waals surface area contributed by atoms with Gasteiger partial charge in [0.1, 0.15) is 12.0 Å². The zero-order chi connectivity index (χ0) is 9.73. The zero-order valence-electron chi connectivity index (χ0n) is 7.82. The van der Waals surface area contributed by atoms with Gasteiger partial charge in [0, 0.05) is 0 Å². The Balaban J connectivity index is 2.62. The first kappa shape index (κ1) is 9.78. The van der Waals surface area contributed by atoms with Gasteiger partial charge in [-0.25, -0.2) is 0 Å². The van der Waals surface area contributed by atoms with Crippen LogP contribution in [0.4, 0.5) is 0 Å². The van der Waals surface area contributed by atoms with Crippen molar-refractivity contribution in [3.05, 3.63) is 37.0 Å². The summed E-state index contributed by atoms with van der Waals surface area (Å²) in [6.07, 6.45) is 10.1. The quantitative estimate of drug-likeness (QED) is 0.489. The Morgan fingerprint density at radius 1 is 1.62 bits per heavy atom. The lowest BCUT2D eigenvalue weighted by atomic mass is 9.86. The molecule has 70 valence electrons. The number of carbonyl (C=O) groups excluding carboxylic acids is 1. The second-order valence-electron chi connectivity index (χ2n) is 3.21. The number of ether oxygens (including phenoxy) is 1. The smallest absolute Gasteiger partial charge is 0.319 e. The molecule has 13 heavy (non-hydrogen) atoms. The standard InChI is InChI=1S/C11H14O2/c1-3-9-13-10(12)11(2)7-5-4-6-8-11/h3,5-8H,1,4,9H2,2H3. The molecule has 0 amide bonds. The number of carbonyl (C=O) groups is 1. The van der Waals surface area contributed by atoms with Gasteiger partial charge in [-0.1, -0.05) is 37.0 Å². The molecule has 1 rings (SSSR count). The molecule has 0 N–H and O–H groups in total. The van der Waals surface area contributed by atoms with E-state index in [1.807, 2.05) is 31.2 Å². The predicted octanol–water partition coefficient (Wildman–Crippen LogP) is 2.24. The molecule has 0 fully saturated rings. The molecule has 0 aliphatic heterocycles. The number of allylic oxidation sites excluding steroid dienone is 2. The second-order valence-corrected chi connectivity index (χ2v) is 3.21. The minimum Gasteiger partial charge on any atom is -0.461 e. The van der Waals surface area contributed by atoms with Gasteiger partial charge in [0.05, 0.1) is 0 Å². The maximum atomic E-state index is 11.5. The van der Waals surface area contributed by atoms with Gasteiger partial charge in [0.25, 0.3) is 0 Å². The number of esters is 1. The van der Waals surface area contributed by atoms with Crippen molar-refractivity contribution in [2.24, 2.45) is 5.41 Å². The van der Waals surface area contributed by atoms with Gasteiger partial charge < -0.3 is 4.74 Å². The lowest BCUT2D eigenvalue weighted by Crippen LogP contribution is -2.26. The average Bonchev–Trinajstić information content (AvgIpc) is 2.15. The van der Waals surface area contributed by atoms with E-state index in [2.05, 4.69) is 6.58 Å². The third-order valence-corrected chi connectivity index (χ3v) is 1.97. The maximum absolute atomic E-state index is 11.5. The van der Waals surface area contributed by atoms with Crippen molar-refractivity contribution in [2.45, 2.75) is 13.3 Å². The van der Waals surface area contributed by atoms with Crippen LogP contribution in [0.5, 0.6) is 0 Å². The summed E-state index contributed by atoms with van der Waals surface area (Å²) in [6.45, 7) is 5.60. The number of hydrogen-bond acceptors (Lipinski definition) is 2. The van der Waals surface area contributed by atoms with Gasteiger partial charge in [-0.3, -0.25) is 4.79 Å². The summed E-state index contributed by atoms with van der Waals surface area (Å²) in [5, 5.41) is 0. The number of rotatable bonds is 3. The molecule has 0 radical (unpaired) electrons. The van der Waals surface area contributed by atoms with Gasteiger partial charge in [0.15, 0.2) is 0 Å². The van der Waals surface area contributed by atoms with Gasteiger partial charge in [-0.15, -0.1) is 0 Å². The van der Waals surface area contributed by atoms with E-state index in [-0.39, 0.29) is 12.6 Å². The fraction of sp³-hybridized carbons (Fsp3) is 0.364. The molecular formula is C11H14O2. The molecule has 0 aromatic rings. The minimum absolute atomic E-state index is 0.223. The molecule has 0 saturated heterocycles. The van der Waals surface area contributed by atoms with Crippen LogP contribution in [0.1, 0.15) is 13.3 Å². The SMILES string of the molecule is C=CCOC(=O)C1(C)C=CCC=C1. The minimum atomic E-state index is -0.582. The zero-order valence-corrected chi connectivity index (χ0v) is 7.82. The van der Waals surface area contributed by atoms with E-state index < -0.39 is 5.41 Å². The molecule has 2 heteroatoms. The van der Waals surface area contributed by atoms with Gasteiger partial charge in [-0.05, 0) is 13.3 Å². The van der Waals surface area contributed by atoms with Crippen molar-refractivity contribution in [1.82, 2.24) is 0 Å². The topological polar surface area (TPSA) is 26.3 Å². The molecule has 0 atom stereocenters. The van der Waals surface area contributed by atoms with Crippen LogP contribution >= 0.6 is 0 Å². The van der Waals surface area contributed by atoms with Crippen LogP contribution in [0.2, 0.25) is 0 Å². The van der Waals surface area contributed by atoms with Crippen molar-refractivity contribution >= 4 is 5.97 Å². The van der Waals surface area contributed by atoms with E-state index in [1.54, 1.807) is 6.08 Å². The molecule has 2 nitrogen and oxygen atoms in total. The van der Waals surface area contributed by atoms with Crippen LogP contribution in [0.15, 0.2) is 37.0 Å². The summed E-state index contributed by atoms with van der Waals surface area (Å²) in [5.74, 6) is -0.223. The van der Waals surface area contributed by atoms with Crippen molar-refractivity contribution in [1.29, 1.82) is 0 Å². The molecule has 0 unspecified atom stereocenters. The highest BCUT2D eigenvalue weighted by atomic mass is 16.5. The molecule has 0 heterocycles. The Hall–Kier alpha value is -1.31. The van der Waals surface area contributed by atoms with Crippen LogP contribution in [0, 0.1) is 5.41 Å². The van der Waals surface area contributed by atoms with Crippen molar-refractivity contribution in [3.63, 3.8) is 0 Å². The molecule has 0 spiro atoms. The third-order valence-electron chi connectivity index (χ3n) is 1.97. The Morgan fingerprint density at radius 2 is 2.23 bits per heavy atom. The van der Waals surface area contributed by atoms with Crippen LogP contribution in [-0.2, 0) is 9.53 Å². The molecule has 0 aromatic heterocycles. The molecule has 1 aliphatic carbocycles. The highest BCUT2D eigenvalue weighted by Crippen LogP contribution is 2.26. The van der Waals surface area contributed by atoms with E-state index in [9.17, 15) is 4.79 Å². The van der Waals surface area contributed by atoms with E-state index in [4.69, 9.17) is 4.74 Å². The first-order valence-electron chi connectivity index (χ1n) is 4.32. The van der Waals surface area contributed by atoms with Crippen LogP contribution < -0.4 is 0 Å².